The van der Waals surface area contributed by atoms with Gasteiger partial charge < -0.3 is 39.7 Å². The van der Waals surface area contributed by atoms with Crippen molar-refractivity contribution in [2.45, 2.75) is 49.5 Å². The number of benzene rings is 2. The van der Waals surface area contributed by atoms with Gasteiger partial charge in [-0.05, 0) is 41.3 Å². The lowest BCUT2D eigenvalue weighted by Gasteiger charge is -2.40. The molecule has 0 radical (unpaired) electrons. The number of aliphatic hydroxyl groups excluding tert-OH is 4. The fourth-order valence-corrected chi connectivity index (χ4v) is 4.25. The normalized spacial score (nSPS) is 30.4. The van der Waals surface area contributed by atoms with Crippen molar-refractivity contribution in [1.82, 2.24) is 0 Å². The Hall–Kier alpha value is -1.91. The van der Waals surface area contributed by atoms with Crippen molar-refractivity contribution in [1.29, 1.82) is 0 Å². The SMILES string of the molecule is OC[C@H]1O[C@@H](c2ccc(Cl)c(Cc3ccc(O[C@H]4CCOC4)c(O)c3)c2)[C@H](O)[C@@H](O)[C@@H]1O. The number of hydrogen-bond donors (Lipinski definition) is 5. The molecule has 5 N–H and O–H groups in total. The van der Waals surface area contributed by atoms with Gasteiger partial charge in [-0.3, -0.25) is 0 Å². The van der Waals surface area contributed by atoms with Crippen molar-refractivity contribution in [3.05, 3.63) is 58.1 Å². The minimum absolute atomic E-state index is 0.0237. The Labute approximate surface area is 190 Å². The van der Waals surface area contributed by atoms with Gasteiger partial charge in [0.05, 0.1) is 19.8 Å². The second-order valence-corrected chi connectivity index (χ2v) is 8.59. The van der Waals surface area contributed by atoms with Gasteiger partial charge in [-0.25, -0.2) is 0 Å². The number of rotatable bonds is 6. The first-order valence-corrected chi connectivity index (χ1v) is 10.9. The molecule has 0 aliphatic carbocycles. The van der Waals surface area contributed by atoms with Crippen molar-refractivity contribution in [3.8, 4) is 11.5 Å². The first-order chi connectivity index (χ1) is 15.4. The Balaban J connectivity index is 1.52. The molecule has 2 aromatic carbocycles. The summed E-state index contributed by atoms with van der Waals surface area (Å²) in [6, 6.07) is 10.2. The lowest BCUT2D eigenvalue weighted by atomic mass is 9.90. The summed E-state index contributed by atoms with van der Waals surface area (Å²) in [5.41, 5.74) is 2.07. The highest BCUT2D eigenvalue weighted by Crippen LogP contribution is 2.35. The highest BCUT2D eigenvalue weighted by molar-refractivity contribution is 6.31. The van der Waals surface area contributed by atoms with Crippen LogP contribution >= 0.6 is 11.6 Å². The van der Waals surface area contributed by atoms with Crippen LogP contribution in [-0.4, -0.2) is 75.9 Å². The van der Waals surface area contributed by atoms with Crippen LogP contribution in [0, 0.1) is 0 Å². The van der Waals surface area contributed by atoms with E-state index >= 15 is 0 Å². The van der Waals surface area contributed by atoms with E-state index in [9.17, 15) is 25.5 Å². The Morgan fingerprint density at radius 3 is 2.53 bits per heavy atom. The molecular weight excluding hydrogens is 440 g/mol. The minimum atomic E-state index is -1.46. The van der Waals surface area contributed by atoms with Crippen LogP contribution in [0.2, 0.25) is 5.02 Å². The molecular formula is C23H27ClO8. The quantitative estimate of drug-likeness (QED) is 0.431. The van der Waals surface area contributed by atoms with Crippen LogP contribution in [0.1, 0.15) is 29.2 Å². The van der Waals surface area contributed by atoms with Crippen LogP contribution in [0.15, 0.2) is 36.4 Å². The molecule has 0 saturated carbocycles. The van der Waals surface area contributed by atoms with E-state index in [1.165, 1.54) is 0 Å². The van der Waals surface area contributed by atoms with Crippen molar-refractivity contribution in [3.63, 3.8) is 0 Å². The molecule has 4 rings (SSSR count). The highest BCUT2D eigenvalue weighted by Gasteiger charge is 2.44. The summed E-state index contributed by atoms with van der Waals surface area (Å²) in [5.74, 6) is 0.418. The fourth-order valence-electron chi connectivity index (χ4n) is 4.06. The fraction of sp³-hybridized carbons (Fsp3) is 0.478. The van der Waals surface area contributed by atoms with E-state index in [0.717, 1.165) is 17.5 Å². The Kier molecular flexibility index (Phi) is 7.21. The summed E-state index contributed by atoms with van der Waals surface area (Å²) >= 11 is 6.38. The van der Waals surface area contributed by atoms with E-state index in [1.807, 2.05) is 6.07 Å². The first-order valence-electron chi connectivity index (χ1n) is 10.5. The lowest BCUT2D eigenvalue weighted by molar-refractivity contribution is -0.231. The predicted molar refractivity (Wildman–Crippen MR) is 115 cm³/mol. The monoisotopic (exact) mass is 466 g/mol. The van der Waals surface area contributed by atoms with Crippen molar-refractivity contribution < 1.29 is 39.7 Å². The van der Waals surface area contributed by atoms with Crippen LogP contribution in [0.25, 0.3) is 0 Å². The van der Waals surface area contributed by atoms with E-state index in [2.05, 4.69) is 0 Å². The second-order valence-electron chi connectivity index (χ2n) is 8.18. The zero-order chi connectivity index (χ0) is 22.8. The summed E-state index contributed by atoms with van der Waals surface area (Å²) in [7, 11) is 0. The standard InChI is InChI=1S/C23H27ClO8/c24-16-3-2-13(23-22(29)21(28)20(27)19(10-25)32-23)9-14(16)7-12-1-4-18(17(26)8-12)31-15-5-6-30-11-15/h1-4,8-9,15,19-23,25-29H,5-7,10-11H2/t15-,19+,20+,21-,22+,23-/m0/s1. The van der Waals surface area contributed by atoms with Crippen molar-refractivity contribution in [2.75, 3.05) is 19.8 Å². The highest BCUT2D eigenvalue weighted by atomic mass is 35.5. The molecule has 6 atom stereocenters. The number of phenolic OH excluding ortho intramolecular Hbond substituents is 1. The average Bonchev–Trinajstić information content (AvgIpc) is 3.29. The Morgan fingerprint density at radius 1 is 1.03 bits per heavy atom. The minimum Gasteiger partial charge on any atom is -0.504 e. The number of aliphatic hydroxyl groups is 4. The van der Waals surface area contributed by atoms with E-state index in [4.69, 9.17) is 25.8 Å². The molecule has 2 aliphatic rings. The van der Waals surface area contributed by atoms with Gasteiger partial charge in [0, 0.05) is 11.4 Å². The lowest BCUT2D eigenvalue weighted by Crippen LogP contribution is -2.55. The maximum atomic E-state index is 10.4. The van der Waals surface area contributed by atoms with Crippen molar-refractivity contribution >= 4 is 11.6 Å². The summed E-state index contributed by atoms with van der Waals surface area (Å²) in [5, 5.41) is 50.8. The molecule has 2 aromatic rings. The van der Waals surface area contributed by atoms with Crippen LogP contribution in [-0.2, 0) is 15.9 Å². The number of aromatic hydroxyl groups is 1. The molecule has 0 aromatic heterocycles. The van der Waals surface area contributed by atoms with E-state index in [-0.39, 0.29) is 11.9 Å². The largest absolute Gasteiger partial charge is 0.504 e. The molecule has 0 bridgehead atoms. The van der Waals surface area contributed by atoms with Gasteiger partial charge in [-0.1, -0.05) is 29.8 Å². The van der Waals surface area contributed by atoms with E-state index in [1.54, 1.807) is 30.3 Å². The topological polar surface area (TPSA) is 129 Å². The van der Waals surface area contributed by atoms with Crippen LogP contribution in [0.4, 0.5) is 0 Å². The maximum absolute atomic E-state index is 10.4. The molecule has 9 heteroatoms. The van der Waals surface area contributed by atoms with Gasteiger partial charge in [0.15, 0.2) is 11.5 Å². The molecule has 0 spiro atoms. The first kappa shape index (κ1) is 23.3. The molecule has 2 aliphatic heterocycles. The smallest absolute Gasteiger partial charge is 0.161 e. The Morgan fingerprint density at radius 2 is 1.84 bits per heavy atom. The molecule has 0 unspecified atom stereocenters. The number of hydrogen-bond acceptors (Lipinski definition) is 8. The molecule has 32 heavy (non-hydrogen) atoms. The molecule has 2 fully saturated rings. The molecule has 2 heterocycles. The zero-order valence-corrected chi connectivity index (χ0v) is 18.1. The van der Waals surface area contributed by atoms with E-state index in [0.29, 0.717) is 36.0 Å². The number of halogens is 1. The van der Waals surface area contributed by atoms with Gasteiger partial charge in [-0.15, -0.1) is 0 Å². The molecule has 174 valence electrons. The van der Waals surface area contributed by atoms with Gasteiger partial charge in [0.25, 0.3) is 0 Å². The van der Waals surface area contributed by atoms with Gasteiger partial charge in [-0.2, -0.15) is 0 Å². The maximum Gasteiger partial charge on any atom is 0.161 e. The molecule has 8 nitrogen and oxygen atoms in total. The van der Waals surface area contributed by atoms with Crippen LogP contribution in [0.5, 0.6) is 11.5 Å². The zero-order valence-electron chi connectivity index (χ0n) is 17.3. The third-order valence-corrected chi connectivity index (χ3v) is 6.26. The average molecular weight is 467 g/mol. The summed E-state index contributed by atoms with van der Waals surface area (Å²) < 4.78 is 16.7. The third kappa shape index (κ3) is 4.87. The third-order valence-electron chi connectivity index (χ3n) is 5.89. The Bertz CT molecular complexity index is 930. The number of phenols is 1. The van der Waals surface area contributed by atoms with Crippen LogP contribution < -0.4 is 4.74 Å². The second kappa shape index (κ2) is 9.93. The summed E-state index contributed by atoms with van der Waals surface area (Å²) in [6.07, 6.45) is -5.09. The summed E-state index contributed by atoms with van der Waals surface area (Å²) in [4.78, 5) is 0. The predicted octanol–water partition coefficient (Wildman–Crippen LogP) is 1.32. The van der Waals surface area contributed by atoms with Crippen molar-refractivity contribution in [2.24, 2.45) is 0 Å². The van der Waals surface area contributed by atoms with Gasteiger partial charge in [0.1, 0.15) is 36.6 Å². The van der Waals surface area contributed by atoms with Crippen LogP contribution in [0.3, 0.4) is 0 Å². The molecule has 0 amide bonds. The van der Waals surface area contributed by atoms with Gasteiger partial charge >= 0.3 is 0 Å². The molecule has 2 saturated heterocycles. The van der Waals surface area contributed by atoms with E-state index < -0.39 is 37.1 Å². The number of ether oxygens (including phenoxy) is 3. The summed E-state index contributed by atoms with van der Waals surface area (Å²) in [6.45, 7) is 0.650. The van der Waals surface area contributed by atoms with Gasteiger partial charge in [0.2, 0.25) is 0 Å².